The van der Waals surface area contributed by atoms with Crippen molar-refractivity contribution in [3.05, 3.63) is 23.3 Å². The minimum absolute atomic E-state index is 0.0839. The van der Waals surface area contributed by atoms with E-state index >= 15 is 0 Å². The second-order valence-electron chi connectivity index (χ2n) is 4.41. The average molecular weight is 254 g/mol. The van der Waals surface area contributed by atoms with Crippen LogP contribution in [0.3, 0.4) is 0 Å². The van der Waals surface area contributed by atoms with Gasteiger partial charge >= 0.3 is 5.97 Å². The number of carboxylic acid groups (broad SMARTS) is 1. The largest absolute Gasteiger partial charge is 0.496 e. The van der Waals surface area contributed by atoms with E-state index < -0.39 is 12.1 Å². The van der Waals surface area contributed by atoms with Crippen LogP contribution in [0.25, 0.3) is 0 Å². The third-order valence-electron chi connectivity index (χ3n) is 2.97. The lowest BCUT2D eigenvalue weighted by atomic mass is 10.0. The number of methoxy groups -OCH3 is 1. The van der Waals surface area contributed by atoms with Crippen molar-refractivity contribution in [3.63, 3.8) is 0 Å². The molecule has 0 saturated heterocycles. The number of benzene rings is 1. The van der Waals surface area contributed by atoms with Crippen LogP contribution < -0.4 is 9.47 Å². The predicted octanol–water partition coefficient (Wildman–Crippen LogP) is 1.98. The highest BCUT2D eigenvalue weighted by atomic mass is 19.1. The molecule has 5 heteroatoms. The van der Waals surface area contributed by atoms with Crippen molar-refractivity contribution >= 4 is 5.97 Å². The van der Waals surface area contributed by atoms with Gasteiger partial charge in [-0.25, -0.2) is 9.18 Å². The number of rotatable bonds is 4. The molecule has 1 aliphatic heterocycles. The van der Waals surface area contributed by atoms with E-state index in [2.05, 4.69) is 0 Å². The molecule has 0 fully saturated rings. The first kappa shape index (κ1) is 12.7. The van der Waals surface area contributed by atoms with Crippen molar-refractivity contribution in [2.75, 3.05) is 7.11 Å². The van der Waals surface area contributed by atoms with Gasteiger partial charge in [-0.05, 0) is 19.1 Å². The maximum Gasteiger partial charge on any atom is 0.338 e. The van der Waals surface area contributed by atoms with E-state index in [4.69, 9.17) is 14.6 Å². The summed E-state index contributed by atoms with van der Waals surface area (Å²) in [5, 5.41) is 8.60. The van der Waals surface area contributed by atoms with E-state index in [9.17, 15) is 9.18 Å². The molecule has 1 N–H and O–H groups in total. The summed E-state index contributed by atoms with van der Waals surface area (Å²) in [6.45, 7) is 1.95. The van der Waals surface area contributed by atoms with Crippen LogP contribution in [0.1, 0.15) is 18.1 Å². The summed E-state index contributed by atoms with van der Waals surface area (Å²) < 4.78 is 24.0. The number of aliphatic carboxylic acids is 1. The first-order chi connectivity index (χ1) is 8.51. The maximum absolute atomic E-state index is 13.3. The molecule has 0 spiro atoms. The van der Waals surface area contributed by atoms with Gasteiger partial charge in [-0.3, -0.25) is 0 Å². The minimum Gasteiger partial charge on any atom is -0.496 e. The summed E-state index contributed by atoms with van der Waals surface area (Å²) in [6, 6.07) is 3.47. The lowest BCUT2D eigenvalue weighted by Crippen LogP contribution is -2.17. The van der Waals surface area contributed by atoms with E-state index in [1.807, 2.05) is 6.92 Å². The Hall–Kier alpha value is -1.78. The van der Waals surface area contributed by atoms with Gasteiger partial charge in [0.15, 0.2) is 0 Å². The maximum atomic E-state index is 13.3. The van der Waals surface area contributed by atoms with Gasteiger partial charge in [0.1, 0.15) is 17.6 Å². The second-order valence-corrected chi connectivity index (χ2v) is 4.41. The molecular formula is C13H15FO4. The highest BCUT2D eigenvalue weighted by Gasteiger charge is 2.24. The SMILES string of the molecule is COc1cc2c(cc1CC(F)C(=O)O)OC(C)C2. The van der Waals surface area contributed by atoms with Crippen LogP contribution in [0.5, 0.6) is 11.5 Å². The van der Waals surface area contributed by atoms with Gasteiger partial charge in [-0.2, -0.15) is 0 Å². The molecule has 0 aromatic heterocycles. The van der Waals surface area contributed by atoms with Gasteiger partial charge < -0.3 is 14.6 Å². The summed E-state index contributed by atoms with van der Waals surface area (Å²) in [5.74, 6) is -0.266. The number of alkyl halides is 1. The number of hydrogen-bond acceptors (Lipinski definition) is 3. The smallest absolute Gasteiger partial charge is 0.338 e. The fraction of sp³-hybridized carbons (Fsp3) is 0.462. The Labute approximate surface area is 104 Å². The predicted molar refractivity (Wildman–Crippen MR) is 63.0 cm³/mol. The Morgan fingerprint density at radius 1 is 1.67 bits per heavy atom. The highest BCUT2D eigenvalue weighted by Crippen LogP contribution is 2.35. The molecule has 2 rings (SSSR count). The summed E-state index contributed by atoms with van der Waals surface area (Å²) in [5.41, 5.74) is 1.52. The Morgan fingerprint density at radius 3 is 3.00 bits per heavy atom. The molecule has 98 valence electrons. The van der Waals surface area contributed by atoms with E-state index in [0.29, 0.717) is 17.1 Å². The summed E-state index contributed by atoms with van der Waals surface area (Å²) >= 11 is 0. The van der Waals surface area contributed by atoms with E-state index in [-0.39, 0.29) is 12.5 Å². The summed E-state index contributed by atoms with van der Waals surface area (Å²) in [7, 11) is 1.48. The lowest BCUT2D eigenvalue weighted by molar-refractivity contribution is -0.142. The highest BCUT2D eigenvalue weighted by molar-refractivity contribution is 5.72. The Bertz CT molecular complexity index is 472. The van der Waals surface area contributed by atoms with Crippen molar-refractivity contribution in [2.24, 2.45) is 0 Å². The van der Waals surface area contributed by atoms with Crippen molar-refractivity contribution in [1.29, 1.82) is 0 Å². The molecule has 0 bridgehead atoms. The van der Waals surface area contributed by atoms with Gasteiger partial charge in [0.25, 0.3) is 0 Å². The number of carbonyl (C=O) groups is 1. The molecule has 1 heterocycles. The van der Waals surface area contributed by atoms with Gasteiger partial charge in [0.05, 0.1) is 7.11 Å². The van der Waals surface area contributed by atoms with Crippen molar-refractivity contribution in [3.8, 4) is 11.5 Å². The van der Waals surface area contributed by atoms with Gasteiger partial charge in [-0.1, -0.05) is 0 Å². The molecule has 2 atom stereocenters. The summed E-state index contributed by atoms with van der Waals surface area (Å²) in [6.07, 6.45) is -1.29. The zero-order chi connectivity index (χ0) is 13.3. The molecule has 18 heavy (non-hydrogen) atoms. The van der Waals surface area contributed by atoms with Crippen LogP contribution in [0.4, 0.5) is 4.39 Å². The molecule has 4 nitrogen and oxygen atoms in total. The molecular weight excluding hydrogens is 239 g/mol. The number of ether oxygens (including phenoxy) is 2. The minimum atomic E-state index is -1.93. The molecule has 2 unspecified atom stereocenters. The van der Waals surface area contributed by atoms with Crippen LogP contribution in [0, 0.1) is 0 Å². The van der Waals surface area contributed by atoms with Crippen molar-refractivity contribution < 1.29 is 23.8 Å². The third kappa shape index (κ3) is 2.39. The Kier molecular flexibility index (Phi) is 3.41. The molecule has 0 radical (unpaired) electrons. The zero-order valence-corrected chi connectivity index (χ0v) is 10.3. The number of halogens is 1. The van der Waals surface area contributed by atoms with E-state index in [0.717, 1.165) is 12.0 Å². The first-order valence-corrected chi connectivity index (χ1v) is 5.74. The van der Waals surface area contributed by atoms with Crippen molar-refractivity contribution in [2.45, 2.75) is 32.0 Å². The quantitative estimate of drug-likeness (QED) is 0.892. The molecule has 1 aromatic rings. The molecule has 1 aromatic carbocycles. The van der Waals surface area contributed by atoms with Gasteiger partial charge in [0, 0.05) is 24.0 Å². The molecule has 1 aliphatic rings. The van der Waals surface area contributed by atoms with E-state index in [1.54, 1.807) is 12.1 Å². The number of hydrogen-bond donors (Lipinski definition) is 1. The van der Waals surface area contributed by atoms with Crippen molar-refractivity contribution in [1.82, 2.24) is 0 Å². The first-order valence-electron chi connectivity index (χ1n) is 5.74. The fourth-order valence-electron chi connectivity index (χ4n) is 2.11. The zero-order valence-electron chi connectivity index (χ0n) is 10.3. The van der Waals surface area contributed by atoms with Crippen LogP contribution in [0.2, 0.25) is 0 Å². The van der Waals surface area contributed by atoms with Crippen LogP contribution in [-0.2, 0) is 17.6 Å². The number of fused-ring (bicyclic) bond motifs is 1. The Morgan fingerprint density at radius 2 is 2.39 bits per heavy atom. The topological polar surface area (TPSA) is 55.8 Å². The van der Waals surface area contributed by atoms with Crippen LogP contribution >= 0.6 is 0 Å². The summed E-state index contributed by atoms with van der Waals surface area (Å²) in [4.78, 5) is 10.5. The Balaban J connectivity index is 2.30. The average Bonchev–Trinajstić information content (AvgIpc) is 2.66. The monoisotopic (exact) mass is 254 g/mol. The molecule has 0 aliphatic carbocycles. The molecule has 0 amide bonds. The van der Waals surface area contributed by atoms with E-state index in [1.165, 1.54) is 7.11 Å². The second kappa shape index (κ2) is 4.84. The lowest BCUT2D eigenvalue weighted by Gasteiger charge is -2.11. The van der Waals surface area contributed by atoms with Gasteiger partial charge in [-0.15, -0.1) is 0 Å². The normalized spacial score (nSPS) is 18.9. The molecule has 0 saturated carbocycles. The third-order valence-corrected chi connectivity index (χ3v) is 2.97. The fourth-order valence-corrected chi connectivity index (χ4v) is 2.11. The number of carboxylic acids is 1. The standard InChI is InChI=1S/C13H15FO4/c1-7-3-8-5-11(17-2)9(6-12(8)18-7)4-10(14)13(15)16/h5-7,10H,3-4H2,1-2H3,(H,15,16). The van der Waals surface area contributed by atoms with Crippen LogP contribution in [0.15, 0.2) is 12.1 Å². The van der Waals surface area contributed by atoms with Gasteiger partial charge in [0.2, 0.25) is 6.17 Å². The van der Waals surface area contributed by atoms with Crippen LogP contribution in [-0.4, -0.2) is 30.5 Å².